The van der Waals surface area contributed by atoms with E-state index in [0.717, 1.165) is 5.39 Å². The fraction of sp³-hybridized carbons (Fsp3) is 0. The van der Waals surface area contributed by atoms with Gasteiger partial charge in [-0.25, -0.2) is 0 Å². The van der Waals surface area contributed by atoms with Crippen molar-refractivity contribution in [3.05, 3.63) is 42.5 Å². The molecule has 0 aliphatic carbocycles. The summed E-state index contributed by atoms with van der Waals surface area (Å²) in [5.41, 5.74) is 12.9. The summed E-state index contributed by atoms with van der Waals surface area (Å²) in [6.07, 6.45) is 0. The van der Waals surface area contributed by atoms with Crippen LogP contribution in [0.15, 0.2) is 47.4 Å². The van der Waals surface area contributed by atoms with Crippen molar-refractivity contribution in [3.63, 3.8) is 0 Å². The van der Waals surface area contributed by atoms with E-state index in [0.29, 0.717) is 16.5 Å². The highest BCUT2D eigenvalue weighted by Crippen LogP contribution is 2.39. The minimum atomic E-state index is -4.37. The lowest BCUT2D eigenvalue weighted by Gasteiger charge is -2.13. The molecule has 20 heavy (non-hydrogen) atoms. The average Bonchev–Trinajstić information content (AvgIpc) is 2.43. The highest BCUT2D eigenvalue weighted by molar-refractivity contribution is 7.86. The number of hydrogen-bond donors (Lipinski definition) is 3. The van der Waals surface area contributed by atoms with Crippen LogP contribution in [0.1, 0.15) is 0 Å². The van der Waals surface area contributed by atoms with Crippen LogP contribution < -0.4 is 11.5 Å². The fourth-order valence-electron chi connectivity index (χ4n) is 2.48. The monoisotopic (exact) mass is 288 g/mol. The standard InChI is InChI=1S/C14H12N2O3S/c15-13-8-4-1-2-5-9(8)14(16)12-10(13)6-3-7-11(12)20(17,18)19/h1-7H,15-16H2,(H,17,18,19). The summed E-state index contributed by atoms with van der Waals surface area (Å²) >= 11 is 0. The number of hydrogen-bond acceptors (Lipinski definition) is 4. The van der Waals surface area contributed by atoms with Gasteiger partial charge in [0, 0.05) is 32.9 Å². The molecule has 0 aliphatic rings. The molecule has 0 spiro atoms. The molecule has 102 valence electrons. The Morgan fingerprint density at radius 2 is 1.35 bits per heavy atom. The predicted molar refractivity (Wildman–Crippen MR) is 80.1 cm³/mol. The van der Waals surface area contributed by atoms with E-state index in [1.165, 1.54) is 12.1 Å². The number of nitrogen functional groups attached to an aromatic ring is 2. The first-order chi connectivity index (χ1) is 9.41. The van der Waals surface area contributed by atoms with Crippen LogP contribution in [0.5, 0.6) is 0 Å². The SMILES string of the molecule is Nc1c2ccccc2c(N)c2c(S(=O)(=O)O)cccc12. The highest BCUT2D eigenvalue weighted by Gasteiger charge is 2.19. The third-order valence-corrected chi connectivity index (χ3v) is 4.27. The van der Waals surface area contributed by atoms with Gasteiger partial charge in [0.25, 0.3) is 10.1 Å². The highest BCUT2D eigenvalue weighted by atomic mass is 32.2. The van der Waals surface area contributed by atoms with Crippen LogP contribution in [0.4, 0.5) is 11.4 Å². The third-order valence-electron chi connectivity index (χ3n) is 3.37. The molecule has 0 fully saturated rings. The maximum absolute atomic E-state index is 11.5. The zero-order valence-corrected chi connectivity index (χ0v) is 11.2. The molecule has 0 atom stereocenters. The van der Waals surface area contributed by atoms with E-state index in [1.807, 2.05) is 12.1 Å². The van der Waals surface area contributed by atoms with Crippen molar-refractivity contribution < 1.29 is 13.0 Å². The lowest BCUT2D eigenvalue weighted by Crippen LogP contribution is -2.03. The zero-order valence-electron chi connectivity index (χ0n) is 10.4. The van der Waals surface area contributed by atoms with Gasteiger partial charge in [0.1, 0.15) is 4.90 Å². The third kappa shape index (κ3) is 1.70. The molecule has 0 aliphatic heterocycles. The zero-order chi connectivity index (χ0) is 14.5. The minimum absolute atomic E-state index is 0.232. The molecule has 0 radical (unpaired) electrons. The first-order valence-corrected chi connectivity index (χ1v) is 7.31. The Balaban J connectivity index is 2.68. The van der Waals surface area contributed by atoms with Crippen molar-refractivity contribution in [3.8, 4) is 0 Å². The Kier molecular flexibility index (Phi) is 2.60. The first-order valence-electron chi connectivity index (χ1n) is 5.87. The van der Waals surface area contributed by atoms with Gasteiger partial charge >= 0.3 is 0 Å². The molecule has 5 nitrogen and oxygen atoms in total. The average molecular weight is 288 g/mol. The number of fused-ring (bicyclic) bond motifs is 2. The van der Waals surface area contributed by atoms with Crippen LogP contribution in [0, 0.1) is 0 Å². The van der Waals surface area contributed by atoms with Gasteiger partial charge in [-0.1, -0.05) is 36.4 Å². The molecule has 3 aromatic carbocycles. The van der Waals surface area contributed by atoms with E-state index in [1.54, 1.807) is 18.2 Å². The van der Waals surface area contributed by atoms with Gasteiger partial charge in [-0.2, -0.15) is 8.42 Å². The number of benzene rings is 3. The number of rotatable bonds is 1. The predicted octanol–water partition coefficient (Wildman–Crippen LogP) is 2.40. The van der Waals surface area contributed by atoms with Crippen molar-refractivity contribution in [2.45, 2.75) is 4.90 Å². The van der Waals surface area contributed by atoms with Gasteiger partial charge in [0.2, 0.25) is 0 Å². The summed E-state index contributed by atoms with van der Waals surface area (Å²) in [6, 6.07) is 11.7. The normalized spacial score (nSPS) is 12.1. The summed E-state index contributed by atoms with van der Waals surface area (Å²) in [4.78, 5) is -0.232. The van der Waals surface area contributed by atoms with Crippen LogP contribution in [0.2, 0.25) is 0 Å². The lowest BCUT2D eigenvalue weighted by atomic mass is 9.99. The van der Waals surface area contributed by atoms with E-state index < -0.39 is 10.1 Å². The van der Waals surface area contributed by atoms with Gasteiger partial charge in [0.15, 0.2) is 0 Å². The number of nitrogens with two attached hydrogens (primary N) is 2. The smallest absolute Gasteiger partial charge is 0.295 e. The molecule has 0 unspecified atom stereocenters. The Labute approximate surface area is 115 Å². The molecule has 0 aromatic heterocycles. The van der Waals surface area contributed by atoms with E-state index in [9.17, 15) is 13.0 Å². The quantitative estimate of drug-likeness (QED) is 0.276. The van der Waals surface area contributed by atoms with Crippen LogP contribution in [-0.2, 0) is 10.1 Å². The molecule has 3 rings (SSSR count). The maximum atomic E-state index is 11.5. The molecule has 0 saturated heterocycles. The van der Waals surface area contributed by atoms with Crippen molar-refractivity contribution >= 4 is 43.0 Å². The molecule has 3 aromatic rings. The van der Waals surface area contributed by atoms with E-state index in [-0.39, 0.29) is 16.0 Å². The van der Waals surface area contributed by atoms with Crippen molar-refractivity contribution in [1.29, 1.82) is 0 Å². The fourth-order valence-corrected chi connectivity index (χ4v) is 3.21. The summed E-state index contributed by atoms with van der Waals surface area (Å²) < 4.78 is 32.4. The second kappa shape index (κ2) is 4.09. The van der Waals surface area contributed by atoms with E-state index >= 15 is 0 Å². The largest absolute Gasteiger partial charge is 0.398 e. The first kappa shape index (κ1) is 12.7. The molecule has 0 heterocycles. The summed E-state index contributed by atoms with van der Waals surface area (Å²) in [5, 5.41) is 2.18. The molecule has 5 N–H and O–H groups in total. The molecule has 0 saturated carbocycles. The van der Waals surface area contributed by atoms with E-state index in [2.05, 4.69) is 0 Å². The van der Waals surface area contributed by atoms with Crippen molar-refractivity contribution in [2.24, 2.45) is 0 Å². The molecular weight excluding hydrogens is 276 g/mol. The Morgan fingerprint density at radius 3 is 1.95 bits per heavy atom. The van der Waals surface area contributed by atoms with Gasteiger partial charge < -0.3 is 11.5 Å². The minimum Gasteiger partial charge on any atom is -0.398 e. The van der Waals surface area contributed by atoms with Crippen LogP contribution in [0.3, 0.4) is 0 Å². The topological polar surface area (TPSA) is 106 Å². The molecule has 0 bridgehead atoms. The Morgan fingerprint density at radius 1 is 0.800 bits per heavy atom. The Bertz CT molecular complexity index is 949. The van der Waals surface area contributed by atoms with Gasteiger partial charge in [-0.05, 0) is 6.07 Å². The summed E-state index contributed by atoms with van der Waals surface area (Å²) in [7, 11) is -4.37. The van der Waals surface area contributed by atoms with Gasteiger partial charge in [-0.3, -0.25) is 4.55 Å². The second-order valence-corrected chi connectivity index (χ2v) is 5.92. The Hall–Kier alpha value is -2.31. The second-order valence-electron chi connectivity index (χ2n) is 4.53. The molecule has 6 heteroatoms. The summed E-state index contributed by atoms with van der Waals surface area (Å²) in [5.74, 6) is 0. The summed E-state index contributed by atoms with van der Waals surface area (Å²) in [6.45, 7) is 0. The van der Waals surface area contributed by atoms with Crippen LogP contribution in [0.25, 0.3) is 21.5 Å². The molecule has 0 amide bonds. The lowest BCUT2D eigenvalue weighted by molar-refractivity contribution is 0.484. The van der Waals surface area contributed by atoms with Crippen LogP contribution >= 0.6 is 0 Å². The van der Waals surface area contributed by atoms with Crippen molar-refractivity contribution in [1.82, 2.24) is 0 Å². The number of anilines is 2. The van der Waals surface area contributed by atoms with Gasteiger partial charge in [-0.15, -0.1) is 0 Å². The maximum Gasteiger partial charge on any atom is 0.295 e. The van der Waals surface area contributed by atoms with Gasteiger partial charge in [0.05, 0.1) is 0 Å². The van der Waals surface area contributed by atoms with Crippen molar-refractivity contribution in [2.75, 3.05) is 11.5 Å². The molecular formula is C14H12N2O3S. The van der Waals surface area contributed by atoms with Crippen LogP contribution in [-0.4, -0.2) is 13.0 Å². The van der Waals surface area contributed by atoms with E-state index in [4.69, 9.17) is 11.5 Å².